The molecule has 0 atom stereocenters. The first-order valence-electron chi connectivity index (χ1n) is 5.10. The van der Waals surface area contributed by atoms with E-state index < -0.39 is 0 Å². The van der Waals surface area contributed by atoms with E-state index >= 15 is 0 Å². The lowest BCUT2D eigenvalue weighted by Gasteiger charge is -2.05. The van der Waals surface area contributed by atoms with Gasteiger partial charge in [-0.1, -0.05) is 12.1 Å². The fourth-order valence-electron chi connectivity index (χ4n) is 1.40. The van der Waals surface area contributed by atoms with Crippen LogP contribution in [0.15, 0.2) is 48.5 Å². The number of hydrogen-bond acceptors (Lipinski definition) is 3. The molecule has 3 heteroatoms. The van der Waals surface area contributed by atoms with Gasteiger partial charge in [-0.2, -0.15) is 0 Å². The number of carbonyl (C=O) groups excluding carboxylic acids is 2. The van der Waals surface area contributed by atoms with Gasteiger partial charge in [0.1, 0.15) is 24.1 Å². The van der Waals surface area contributed by atoms with Crippen LogP contribution in [-0.2, 0) is 0 Å². The van der Waals surface area contributed by atoms with Crippen molar-refractivity contribution in [1.29, 1.82) is 0 Å². The number of aldehydes is 2. The van der Waals surface area contributed by atoms with Crippen LogP contribution in [0.3, 0.4) is 0 Å². The lowest BCUT2D eigenvalue weighted by atomic mass is 10.2. The third-order valence-corrected chi connectivity index (χ3v) is 2.25. The minimum atomic E-state index is 0.562. The SMILES string of the molecule is O=Cc1ccc(Oc2cccc(C=O)c2)cc1. The molecule has 0 aliphatic carbocycles. The van der Waals surface area contributed by atoms with Crippen molar-refractivity contribution >= 4 is 12.6 Å². The maximum absolute atomic E-state index is 10.6. The lowest BCUT2D eigenvalue weighted by molar-refractivity contribution is 0.111. The summed E-state index contributed by atoms with van der Waals surface area (Å²) in [6, 6.07) is 13.6. The predicted octanol–water partition coefficient (Wildman–Crippen LogP) is 3.10. The van der Waals surface area contributed by atoms with E-state index in [-0.39, 0.29) is 0 Å². The first-order valence-corrected chi connectivity index (χ1v) is 5.10. The second kappa shape index (κ2) is 5.07. The van der Waals surface area contributed by atoms with Gasteiger partial charge in [0.25, 0.3) is 0 Å². The average Bonchev–Trinajstić information content (AvgIpc) is 2.40. The molecule has 0 N–H and O–H groups in total. The molecule has 0 aliphatic rings. The Morgan fingerprint density at radius 1 is 0.765 bits per heavy atom. The highest BCUT2D eigenvalue weighted by Crippen LogP contribution is 2.21. The summed E-state index contributed by atoms with van der Waals surface area (Å²) in [4.78, 5) is 21.1. The normalized spacial score (nSPS) is 9.65. The summed E-state index contributed by atoms with van der Waals surface area (Å²) < 4.78 is 5.55. The van der Waals surface area contributed by atoms with E-state index in [0.717, 1.165) is 12.6 Å². The molecule has 3 nitrogen and oxygen atoms in total. The van der Waals surface area contributed by atoms with Crippen molar-refractivity contribution in [2.45, 2.75) is 0 Å². The molecule has 17 heavy (non-hydrogen) atoms. The van der Waals surface area contributed by atoms with E-state index in [4.69, 9.17) is 4.74 Å². The van der Waals surface area contributed by atoms with Gasteiger partial charge >= 0.3 is 0 Å². The average molecular weight is 226 g/mol. The molecule has 0 radical (unpaired) electrons. The quantitative estimate of drug-likeness (QED) is 0.752. The molecule has 0 unspecified atom stereocenters. The second-order valence-corrected chi connectivity index (χ2v) is 3.48. The Hall–Kier alpha value is -2.42. The molecule has 0 heterocycles. The molecular weight excluding hydrogens is 216 g/mol. The number of benzene rings is 2. The molecule has 0 saturated heterocycles. The van der Waals surface area contributed by atoms with Crippen LogP contribution in [0.25, 0.3) is 0 Å². The second-order valence-electron chi connectivity index (χ2n) is 3.48. The highest BCUT2D eigenvalue weighted by Gasteiger charge is 1.98. The third-order valence-electron chi connectivity index (χ3n) is 2.25. The molecule has 0 saturated carbocycles. The Bertz CT molecular complexity index is 529. The fraction of sp³-hybridized carbons (Fsp3) is 0. The van der Waals surface area contributed by atoms with Crippen LogP contribution in [0.4, 0.5) is 0 Å². The van der Waals surface area contributed by atoms with Crippen LogP contribution >= 0.6 is 0 Å². The van der Waals surface area contributed by atoms with Crippen molar-refractivity contribution in [3.05, 3.63) is 59.7 Å². The van der Waals surface area contributed by atoms with E-state index in [2.05, 4.69) is 0 Å². The van der Waals surface area contributed by atoms with Crippen molar-refractivity contribution < 1.29 is 14.3 Å². The van der Waals surface area contributed by atoms with Gasteiger partial charge in [0, 0.05) is 11.1 Å². The maximum Gasteiger partial charge on any atom is 0.150 e. The van der Waals surface area contributed by atoms with Gasteiger partial charge < -0.3 is 4.74 Å². The largest absolute Gasteiger partial charge is 0.457 e. The molecule has 2 rings (SSSR count). The summed E-state index contributed by atoms with van der Waals surface area (Å²) in [6.45, 7) is 0. The number of hydrogen-bond donors (Lipinski definition) is 0. The summed E-state index contributed by atoms with van der Waals surface area (Å²) in [5.41, 5.74) is 1.16. The Morgan fingerprint density at radius 2 is 1.47 bits per heavy atom. The van der Waals surface area contributed by atoms with Gasteiger partial charge in [0.05, 0.1) is 0 Å². The van der Waals surface area contributed by atoms with Crippen molar-refractivity contribution in [3.63, 3.8) is 0 Å². The summed E-state index contributed by atoms with van der Waals surface area (Å²) in [5, 5.41) is 0. The van der Waals surface area contributed by atoms with E-state index in [1.807, 2.05) is 0 Å². The Morgan fingerprint density at radius 3 is 2.12 bits per heavy atom. The lowest BCUT2D eigenvalue weighted by Crippen LogP contribution is -1.87. The van der Waals surface area contributed by atoms with Gasteiger partial charge in [0.15, 0.2) is 0 Å². The summed E-state index contributed by atoms with van der Waals surface area (Å²) in [7, 11) is 0. The molecule has 2 aromatic rings. The molecular formula is C14H10O3. The van der Waals surface area contributed by atoms with Crippen molar-refractivity contribution in [1.82, 2.24) is 0 Å². The van der Waals surface area contributed by atoms with Crippen LogP contribution in [0.1, 0.15) is 20.7 Å². The number of carbonyl (C=O) groups is 2. The summed E-state index contributed by atoms with van der Waals surface area (Å²) in [5.74, 6) is 1.21. The minimum Gasteiger partial charge on any atom is -0.457 e. The Kier molecular flexibility index (Phi) is 3.31. The molecule has 2 aromatic carbocycles. The van der Waals surface area contributed by atoms with Gasteiger partial charge in [-0.3, -0.25) is 9.59 Å². The van der Waals surface area contributed by atoms with E-state index in [0.29, 0.717) is 22.6 Å². The zero-order chi connectivity index (χ0) is 12.1. The standard InChI is InChI=1S/C14H10O3/c15-9-11-4-6-13(7-5-11)17-14-3-1-2-12(8-14)10-16/h1-10H. The molecule has 84 valence electrons. The molecule has 0 fully saturated rings. The monoisotopic (exact) mass is 226 g/mol. The van der Waals surface area contributed by atoms with E-state index in [1.165, 1.54) is 0 Å². The third kappa shape index (κ3) is 2.78. The summed E-state index contributed by atoms with van der Waals surface area (Å²) >= 11 is 0. The van der Waals surface area contributed by atoms with Gasteiger partial charge in [-0.25, -0.2) is 0 Å². The van der Waals surface area contributed by atoms with Crippen molar-refractivity contribution in [2.75, 3.05) is 0 Å². The van der Waals surface area contributed by atoms with Gasteiger partial charge in [0.2, 0.25) is 0 Å². The number of rotatable bonds is 4. The van der Waals surface area contributed by atoms with Crippen LogP contribution in [0, 0.1) is 0 Å². The van der Waals surface area contributed by atoms with Crippen LogP contribution in [0.2, 0.25) is 0 Å². The Labute approximate surface area is 98.7 Å². The maximum atomic E-state index is 10.6. The van der Waals surface area contributed by atoms with Gasteiger partial charge in [-0.05, 0) is 36.4 Å². The van der Waals surface area contributed by atoms with Crippen molar-refractivity contribution in [2.24, 2.45) is 0 Å². The van der Waals surface area contributed by atoms with E-state index in [9.17, 15) is 9.59 Å². The zero-order valence-electron chi connectivity index (χ0n) is 9.00. The van der Waals surface area contributed by atoms with E-state index in [1.54, 1.807) is 48.5 Å². The highest BCUT2D eigenvalue weighted by molar-refractivity contribution is 5.76. The van der Waals surface area contributed by atoms with Crippen LogP contribution in [0.5, 0.6) is 11.5 Å². The molecule has 0 amide bonds. The first kappa shape index (κ1) is 11.1. The molecule has 0 aromatic heterocycles. The smallest absolute Gasteiger partial charge is 0.150 e. The fourth-order valence-corrected chi connectivity index (χ4v) is 1.40. The number of ether oxygens (including phenoxy) is 1. The van der Waals surface area contributed by atoms with Crippen LogP contribution in [-0.4, -0.2) is 12.6 Å². The van der Waals surface area contributed by atoms with Crippen molar-refractivity contribution in [3.8, 4) is 11.5 Å². The molecule has 0 bridgehead atoms. The molecule has 0 spiro atoms. The van der Waals surface area contributed by atoms with Crippen LogP contribution < -0.4 is 4.74 Å². The highest BCUT2D eigenvalue weighted by atomic mass is 16.5. The zero-order valence-corrected chi connectivity index (χ0v) is 9.00. The molecule has 0 aliphatic heterocycles. The minimum absolute atomic E-state index is 0.562. The topological polar surface area (TPSA) is 43.4 Å². The van der Waals surface area contributed by atoms with Gasteiger partial charge in [-0.15, -0.1) is 0 Å². The summed E-state index contributed by atoms with van der Waals surface area (Å²) in [6.07, 6.45) is 1.54. The first-order chi connectivity index (χ1) is 8.31. The Balaban J connectivity index is 2.18. The predicted molar refractivity (Wildman–Crippen MR) is 63.7 cm³/mol.